The third-order valence-corrected chi connectivity index (χ3v) is 6.73. The van der Waals surface area contributed by atoms with Crippen molar-refractivity contribution in [3.63, 3.8) is 0 Å². The van der Waals surface area contributed by atoms with E-state index < -0.39 is 0 Å². The normalized spacial score (nSPS) is 15.9. The van der Waals surface area contributed by atoms with Gasteiger partial charge in [-0.15, -0.1) is 11.6 Å². The van der Waals surface area contributed by atoms with Gasteiger partial charge in [-0.05, 0) is 30.4 Å². The molecule has 1 aromatic heterocycles. The zero-order valence-corrected chi connectivity index (χ0v) is 18.9. The predicted molar refractivity (Wildman–Crippen MR) is 121 cm³/mol. The van der Waals surface area contributed by atoms with Gasteiger partial charge in [-0.25, -0.2) is 9.97 Å². The smallest absolute Gasteiger partial charge is 0.225 e. The lowest BCUT2D eigenvalue weighted by Gasteiger charge is -2.37. The summed E-state index contributed by atoms with van der Waals surface area (Å²) in [4.78, 5) is 23.8. The number of halogens is 2. The van der Waals surface area contributed by atoms with Crippen molar-refractivity contribution in [1.29, 1.82) is 0 Å². The van der Waals surface area contributed by atoms with Gasteiger partial charge in [-0.1, -0.05) is 43.3 Å². The molecule has 9 heteroatoms. The van der Waals surface area contributed by atoms with Crippen LogP contribution in [0.25, 0.3) is 0 Å². The second-order valence-electron chi connectivity index (χ2n) is 7.78. The van der Waals surface area contributed by atoms with E-state index in [-0.39, 0.29) is 18.2 Å². The van der Waals surface area contributed by atoms with Crippen molar-refractivity contribution in [2.24, 2.45) is 5.41 Å². The molecule has 3 rings (SSSR count). The molecule has 1 amide bonds. The van der Waals surface area contributed by atoms with E-state index >= 15 is 0 Å². The molecule has 1 fully saturated rings. The van der Waals surface area contributed by atoms with E-state index in [1.165, 1.54) is 11.8 Å². The second kappa shape index (κ2) is 9.41. The second-order valence-corrected chi connectivity index (χ2v) is 9.56. The van der Waals surface area contributed by atoms with Crippen LogP contribution in [0.3, 0.4) is 0 Å². The summed E-state index contributed by atoms with van der Waals surface area (Å²) in [7, 11) is 0. The maximum absolute atomic E-state index is 11.8. The van der Waals surface area contributed by atoms with Gasteiger partial charge in [0.2, 0.25) is 5.91 Å². The number of hydrogen-bond acceptors (Lipinski definition) is 6. The lowest BCUT2D eigenvalue weighted by molar-refractivity contribution is -0.115. The maximum Gasteiger partial charge on any atom is 0.225 e. The Hall–Kier alpha value is -1.70. The Morgan fingerprint density at radius 2 is 2.07 bits per heavy atom. The molecule has 1 aliphatic heterocycles. The van der Waals surface area contributed by atoms with Gasteiger partial charge in [0, 0.05) is 30.3 Å². The van der Waals surface area contributed by atoms with Gasteiger partial charge in [-0.3, -0.25) is 4.79 Å². The Bertz CT molecular complexity index is 883. The Kier molecular flexibility index (Phi) is 7.14. The number of carbonyl (C=O) groups excluding carboxylic acids is 1. The van der Waals surface area contributed by atoms with Gasteiger partial charge < -0.3 is 16.0 Å². The number of hydrogen-bond donors (Lipinski definition) is 2. The van der Waals surface area contributed by atoms with Crippen LogP contribution in [0.4, 0.5) is 17.3 Å². The van der Waals surface area contributed by atoms with Crippen molar-refractivity contribution in [2.75, 3.05) is 34.9 Å². The summed E-state index contributed by atoms with van der Waals surface area (Å²) >= 11 is 13.4. The fourth-order valence-electron chi connectivity index (χ4n) is 3.04. The Labute approximate surface area is 185 Å². The number of benzene rings is 1. The number of nitrogens with one attached hydrogen (secondary N) is 1. The zero-order valence-electron chi connectivity index (χ0n) is 16.5. The van der Waals surface area contributed by atoms with Crippen LogP contribution in [0.1, 0.15) is 33.1 Å². The highest BCUT2D eigenvalue weighted by molar-refractivity contribution is 7.99. The molecule has 0 saturated carbocycles. The van der Waals surface area contributed by atoms with Crippen LogP contribution < -0.4 is 16.0 Å². The standard InChI is InChI=1S/C20H25Cl2N5OS/c1-20(2)7-10-27(11-8-20)15-12-24-19(18(23)26-15)29-14-5-3-4-13(17(14)22)25-16(28)6-9-21/h3-5,12H,6-11H2,1-2H3,(H2,23,26)(H,25,28). The Balaban J connectivity index is 1.73. The van der Waals surface area contributed by atoms with Crippen molar-refractivity contribution in [3.8, 4) is 0 Å². The Morgan fingerprint density at radius 1 is 1.34 bits per heavy atom. The molecule has 2 aromatic rings. The van der Waals surface area contributed by atoms with Crippen LogP contribution in [0.15, 0.2) is 34.3 Å². The molecule has 0 radical (unpaired) electrons. The van der Waals surface area contributed by atoms with E-state index in [0.717, 1.165) is 36.6 Å². The summed E-state index contributed by atoms with van der Waals surface area (Å²) in [6.07, 6.45) is 4.21. The van der Waals surface area contributed by atoms with Crippen LogP contribution in [0.2, 0.25) is 5.02 Å². The number of nitrogens with two attached hydrogens (primary N) is 1. The van der Waals surface area contributed by atoms with Crippen LogP contribution in [-0.2, 0) is 4.79 Å². The molecule has 0 spiro atoms. The number of aromatic nitrogens is 2. The molecule has 1 aliphatic rings. The molecule has 0 bridgehead atoms. The number of nitrogen functional groups attached to an aromatic ring is 1. The fraction of sp³-hybridized carbons (Fsp3) is 0.450. The SMILES string of the molecule is CC1(C)CCN(c2cnc(Sc3cccc(NC(=O)CCCl)c3Cl)c(N)n2)CC1. The van der Waals surface area contributed by atoms with Crippen LogP contribution >= 0.6 is 35.0 Å². The van der Waals surface area contributed by atoms with E-state index in [4.69, 9.17) is 28.9 Å². The molecule has 0 aliphatic carbocycles. The molecule has 1 saturated heterocycles. The van der Waals surface area contributed by atoms with Gasteiger partial charge in [0.1, 0.15) is 10.8 Å². The minimum absolute atomic E-state index is 0.183. The molecule has 156 valence electrons. The highest BCUT2D eigenvalue weighted by atomic mass is 35.5. The van der Waals surface area contributed by atoms with E-state index in [0.29, 0.717) is 27.0 Å². The summed E-state index contributed by atoms with van der Waals surface area (Å²) in [5, 5.41) is 3.78. The van der Waals surface area contributed by atoms with Crippen molar-refractivity contribution in [1.82, 2.24) is 9.97 Å². The van der Waals surface area contributed by atoms with Crippen molar-refractivity contribution < 1.29 is 4.79 Å². The largest absolute Gasteiger partial charge is 0.381 e. The van der Waals surface area contributed by atoms with Gasteiger partial charge in [0.05, 0.1) is 16.9 Å². The monoisotopic (exact) mass is 453 g/mol. The van der Waals surface area contributed by atoms with Crippen LogP contribution in [-0.4, -0.2) is 34.8 Å². The highest BCUT2D eigenvalue weighted by Gasteiger charge is 2.26. The first-order valence-electron chi connectivity index (χ1n) is 9.49. The number of anilines is 3. The number of carbonyl (C=O) groups is 1. The first-order chi connectivity index (χ1) is 13.8. The average molecular weight is 454 g/mol. The molecule has 0 unspecified atom stereocenters. The highest BCUT2D eigenvalue weighted by Crippen LogP contribution is 2.39. The number of amides is 1. The molecule has 1 aromatic carbocycles. The average Bonchev–Trinajstić information content (AvgIpc) is 2.66. The van der Waals surface area contributed by atoms with Crippen LogP contribution in [0, 0.1) is 5.41 Å². The predicted octanol–water partition coefficient (Wildman–Crippen LogP) is 5.06. The summed E-state index contributed by atoms with van der Waals surface area (Å²) < 4.78 is 0. The van der Waals surface area contributed by atoms with E-state index in [1.54, 1.807) is 12.3 Å². The van der Waals surface area contributed by atoms with Gasteiger partial charge in [-0.2, -0.15) is 0 Å². The van der Waals surface area contributed by atoms with Crippen molar-refractivity contribution >= 4 is 58.2 Å². The third-order valence-electron chi connectivity index (χ3n) is 4.96. The minimum atomic E-state index is -0.183. The van der Waals surface area contributed by atoms with Crippen molar-refractivity contribution in [3.05, 3.63) is 29.4 Å². The summed E-state index contributed by atoms with van der Waals surface area (Å²) in [6.45, 7) is 6.48. The summed E-state index contributed by atoms with van der Waals surface area (Å²) in [6, 6.07) is 5.42. The molecule has 29 heavy (non-hydrogen) atoms. The number of rotatable bonds is 6. The van der Waals surface area contributed by atoms with Crippen LogP contribution in [0.5, 0.6) is 0 Å². The number of alkyl halides is 1. The third kappa shape index (κ3) is 5.68. The van der Waals surface area contributed by atoms with Crippen molar-refractivity contribution in [2.45, 2.75) is 43.0 Å². The number of piperidine rings is 1. The lowest BCUT2D eigenvalue weighted by atomic mass is 9.83. The molecule has 2 heterocycles. The molecular weight excluding hydrogens is 429 g/mol. The van der Waals surface area contributed by atoms with Gasteiger partial charge in [0.15, 0.2) is 5.82 Å². The zero-order chi connectivity index (χ0) is 21.0. The van der Waals surface area contributed by atoms with Gasteiger partial charge >= 0.3 is 0 Å². The maximum atomic E-state index is 11.8. The summed E-state index contributed by atoms with van der Waals surface area (Å²) in [5.41, 5.74) is 7.09. The quantitative estimate of drug-likeness (QED) is 0.594. The first-order valence-corrected chi connectivity index (χ1v) is 11.2. The molecule has 3 N–H and O–H groups in total. The Morgan fingerprint density at radius 3 is 2.72 bits per heavy atom. The van der Waals surface area contributed by atoms with E-state index in [2.05, 4.69) is 34.0 Å². The molecule has 6 nitrogen and oxygen atoms in total. The fourth-order valence-corrected chi connectivity index (χ4v) is 4.31. The van der Waals surface area contributed by atoms with E-state index in [1.807, 2.05) is 12.1 Å². The van der Waals surface area contributed by atoms with Gasteiger partial charge in [0.25, 0.3) is 0 Å². The van der Waals surface area contributed by atoms with E-state index in [9.17, 15) is 4.79 Å². The number of nitrogens with zero attached hydrogens (tertiary/aromatic N) is 3. The first kappa shape index (κ1) is 22.0. The molecule has 0 atom stereocenters. The summed E-state index contributed by atoms with van der Waals surface area (Å²) in [5.74, 6) is 1.24. The minimum Gasteiger partial charge on any atom is -0.381 e. The molecular formula is C20H25Cl2N5OS. The lowest BCUT2D eigenvalue weighted by Crippen LogP contribution is -2.37. The topological polar surface area (TPSA) is 84.1 Å².